The Hall–Kier alpha value is -2.81. The monoisotopic (exact) mass is 452 g/mol. The molecule has 0 spiro atoms. The lowest BCUT2D eigenvalue weighted by Gasteiger charge is -2.35. The number of nitrogens with zero attached hydrogens (tertiary/aromatic N) is 3. The predicted molar refractivity (Wildman–Crippen MR) is 111 cm³/mol. The number of alkyl halides is 3. The third kappa shape index (κ3) is 3.71. The Labute approximate surface area is 182 Å². The van der Waals surface area contributed by atoms with Crippen molar-refractivity contribution in [2.45, 2.75) is 32.5 Å². The number of likely N-dealkylation sites (N-methyl/N-ethyl adjacent to an activating group) is 1. The summed E-state index contributed by atoms with van der Waals surface area (Å²) in [5.74, 6) is -1.43. The first kappa shape index (κ1) is 21.4. The molecule has 4 rings (SSSR count). The Bertz CT molecular complexity index is 1060. The van der Waals surface area contributed by atoms with Crippen LogP contribution in [-0.4, -0.2) is 35.9 Å². The van der Waals surface area contributed by atoms with Gasteiger partial charge in [-0.3, -0.25) is 14.5 Å². The zero-order valence-corrected chi connectivity index (χ0v) is 17.6. The Kier molecular flexibility index (Phi) is 5.33. The van der Waals surface area contributed by atoms with E-state index in [1.165, 1.54) is 11.8 Å². The van der Waals surface area contributed by atoms with Gasteiger partial charge in [-0.1, -0.05) is 17.7 Å². The number of pyridine rings is 1. The molecule has 1 aromatic heterocycles. The number of aryl methyl sites for hydroxylation is 1. The molecule has 1 fully saturated rings. The molecule has 2 atom stereocenters. The molecule has 31 heavy (non-hydrogen) atoms. The van der Waals surface area contributed by atoms with Gasteiger partial charge in [-0.2, -0.15) is 13.2 Å². The first-order valence-corrected chi connectivity index (χ1v) is 10.2. The summed E-state index contributed by atoms with van der Waals surface area (Å²) in [5, 5.41) is 3.67. The minimum absolute atomic E-state index is 0.0116. The SMILES string of the molecule is CCN1C(=O)[C@@H]2[C@@H](CNc3c(Cl)cccc31)CC(=O)N2c1cc(C(F)(F)F)cc(C)n1. The van der Waals surface area contributed by atoms with Crippen LogP contribution in [0.3, 0.4) is 0 Å². The molecule has 0 saturated carbocycles. The normalized spacial score (nSPS) is 21.4. The number of fused-ring (bicyclic) bond motifs is 2. The fourth-order valence-electron chi connectivity index (χ4n) is 4.25. The molecular weight excluding hydrogens is 433 g/mol. The van der Waals surface area contributed by atoms with Crippen molar-refractivity contribution >= 4 is 40.6 Å². The topological polar surface area (TPSA) is 65.5 Å². The maximum atomic E-state index is 13.6. The van der Waals surface area contributed by atoms with Gasteiger partial charge in [-0.25, -0.2) is 4.98 Å². The van der Waals surface area contributed by atoms with Gasteiger partial charge >= 0.3 is 6.18 Å². The van der Waals surface area contributed by atoms with Crippen LogP contribution in [0.5, 0.6) is 0 Å². The molecule has 1 aromatic carbocycles. The van der Waals surface area contributed by atoms with Gasteiger partial charge in [-0.05, 0) is 38.1 Å². The number of hydrogen-bond acceptors (Lipinski definition) is 4. The summed E-state index contributed by atoms with van der Waals surface area (Å²) in [4.78, 5) is 33.3. The number of halogens is 4. The predicted octanol–water partition coefficient (Wildman–Crippen LogP) is 4.26. The molecule has 2 aromatic rings. The molecule has 10 heteroatoms. The maximum absolute atomic E-state index is 13.6. The molecular formula is C21H20ClF3N4O2. The molecule has 2 amide bonds. The van der Waals surface area contributed by atoms with Crippen LogP contribution in [-0.2, 0) is 15.8 Å². The van der Waals surface area contributed by atoms with Gasteiger partial charge < -0.3 is 10.2 Å². The summed E-state index contributed by atoms with van der Waals surface area (Å²) >= 11 is 6.32. The highest BCUT2D eigenvalue weighted by Crippen LogP contribution is 2.40. The minimum Gasteiger partial charge on any atom is -0.382 e. The minimum atomic E-state index is -4.59. The second-order valence-corrected chi connectivity index (χ2v) is 8.03. The van der Waals surface area contributed by atoms with Crippen molar-refractivity contribution in [3.8, 4) is 0 Å². The van der Waals surface area contributed by atoms with Crippen molar-refractivity contribution < 1.29 is 22.8 Å². The van der Waals surface area contributed by atoms with E-state index in [0.717, 1.165) is 17.0 Å². The van der Waals surface area contributed by atoms with Crippen molar-refractivity contribution in [2.75, 3.05) is 28.2 Å². The largest absolute Gasteiger partial charge is 0.416 e. The van der Waals surface area contributed by atoms with Crippen LogP contribution in [0.4, 0.5) is 30.4 Å². The summed E-state index contributed by atoms with van der Waals surface area (Å²) in [6.07, 6.45) is -4.58. The van der Waals surface area contributed by atoms with Gasteiger partial charge in [0.05, 0.1) is 22.0 Å². The lowest BCUT2D eigenvalue weighted by Crippen LogP contribution is -2.52. The molecule has 3 heterocycles. The van der Waals surface area contributed by atoms with Crippen LogP contribution >= 0.6 is 11.6 Å². The van der Waals surface area contributed by atoms with Crippen LogP contribution in [0, 0.1) is 12.8 Å². The Morgan fingerprint density at radius 3 is 2.68 bits per heavy atom. The molecule has 0 aliphatic carbocycles. The molecule has 2 aliphatic heterocycles. The van der Waals surface area contributed by atoms with E-state index in [1.807, 2.05) is 0 Å². The van der Waals surface area contributed by atoms with Gasteiger partial charge in [0.25, 0.3) is 5.91 Å². The van der Waals surface area contributed by atoms with Crippen LogP contribution < -0.4 is 15.1 Å². The van der Waals surface area contributed by atoms with E-state index in [9.17, 15) is 22.8 Å². The Morgan fingerprint density at radius 2 is 2.00 bits per heavy atom. The van der Waals surface area contributed by atoms with Crippen molar-refractivity contribution in [1.29, 1.82) is 0 Å². The van der Waals surface area contributed by atoms with Crippen molar-refractivity contribution in [1.82, 2.24) is 4.98 Å². The number of carbonyl (C=O) groups excluding carboxylic acids is 2. The second kappa shape index (κ2) is 7.71. The smallest absolute Gasteiger partial charge is 0.382 e. The summed E-state index contributed by atoms with van der Waals surface area (Å²) in [6.45, 7) is 3.78. The van der Waals surface area contributed by atoms with E-state index in [1.54, 1.807) is 25.1 Å². The number of carbonyl (C=O) groups is 2. The molecule has 0 unspecified atom stereocenters. The number of nitrogens with one attached hydrogen (secondary N) is 1. The third-order valence-electron chi connectivity index (χ3n) is 5.60. The van der Waals surface area contributed by atoms with Gasteiger partial charge in [0.15, 0.2) is 0 Å². The van der Waals surface area contributed by atoms with E-state index in [0.29, 0.717) is 22.9 Å². The van der Waals surface area contributed by atoms with Crippen LogP contribution in [0.1, 0.15) is 24.6 Å². The van der Waals surface area contributed by atoms with Gasteiger partial charge in [-0.15, -0.1) is 0 Å². The van der Waals surface area contributed by atoms with Gasteiger partial charge in [0.2, 0.25) is 5.91 Å². The zero-order chi connectivity index (χ0) is 22.5. The molecule has 1 N–H and O–H groups in total. The molecule has 164 valence electrons. The van der Waals surface area contributed by atoms with Gasteiger partial charge in [0.1, 0.15) is 11.9 Å². The molecule has 2 aliphatic rings. The van der Waals surface area contributed by atoms with Crippen molar-refractivity contribution in [2.24, 2.45) is 5.92 Å². The van der Waals surface area contributed by atoms with Crippen LogP contribution in [0.15, 0.2) is 30.3 Å². The Morgan fingerprint density at radius 1 is 1.26 bits per heavy atom. The third-order valence-corrected chi connectivity index (χ3v) is 5.92. The molecule has 6 nitrogen and oxygen atoms in total. The highest BCUT2D eigenvalue weighted by Gasteiger charge is 2.48. The van der Waals surface area contributed by atoms with Crippen LogP contribution in [0.2, 0.25) is 5.02 Å². The van der Waals surface area contributed by atoms with E-state index in [4.69, 9.17) is 11.6 Å². The second-order valence-electron chi connectivity index (χ2n) is 7.62. The Balaban J connectivity index is 1.81. The van der Waals surface area contributed by atoms with Gasteiger partial charge in [0, 0.05) is 31.1 Å². The molecule has 0 radical (unpaired) electrons. The van der Waals surface area contributed by atoms with E-state index < -0.39 is 29.6 Å². The summed E-state index contributed by atoms with van der Waals surface area (Å²) in [7, 11) is 0. The highest BCUT2D eigenvalue weighted by molar-refractivity contribution is 6.34. The van der Waals surface area contributed by atoms with E-state index in [2.05, 4.69) is 10.3 Å². The van der Waals surface area contributed by atoms with Crippen molar-refractivity contribution in [3.05, 3.63) is 46.6 Å². The average Bonchev–Trinajstić information content (AvgIpc) is 3.01. The van der Waals surface area contributed by atoms with Crippen molar-refractivity contribution in [3.63, 3.8) is 0 Å². The quantitative estimate of drug-likeness (QED) is 0.739. The number of amides is 2. The number of para-hydroxylation sites is 1. The summed E-state index contributed by atoms with van der Waals surface area (Å²) in [5.41, 5.74) is 0.358. The number of rotatable bonds is 2. The van der Waals surface area contributed by atoms with Crippen LogP contribution in [0.25, 0.3) is 0 Å². The first-order valence-electron chi connectivity index (χ1n) is 9.83. The zero-order valence-electron chi connectivity index (χ0n) is 16.8. The average molecular weight is 453 g/mol. The first-order chi connectivity index (χ1) is 14.6. The number of benzene rings is 1. The lowest BCUT2D eigenvalue weighted by molar-refractivity contribution is -0.137. The number of aromatic nitrogens is 1. The number of hydrogen-bond donors (Lipinski definition) is 1. The van der Waals surface area contributed by atoms with E-state index in [-0.39, 0.29) is 30.4 Å². The number of anilines is 3. The fourth-order valence-corrected chi connectivity index (χ4v) is 4.49. The highest BCUT2D eigenvalue weighted by atomic mass is 35.5. The fraction of sp³-hybridized carbons (Fsp3) is 0.381. The van der Waals surface area contributed by atoms with E-state index >= 15 is 0 Å². The standard InChI is InChI=1S/C21H20ClF3N4O2/c1-3-28-15-6-4-5-14(22)18(15)26-10-12-8-17(30)29(19(12)20(28)31)16-9-13(21(23,24)25)7-11(2)27-16/h4-7,9,12,19,26H,3,8,10H2,1-2H3/t12-,19+/m1/s1. The molecule has 1 saturated heterocycles. The summed E-state index contributed by atoms with van der Waals surface area (Å²) < 4.78 is 40.1. The maximum Gasteiger partial charge on any atom is 0.416 e. The lowest BCUT2D eigenvalue weighted by atomic mass is 9.96. The molecule has 0 bridgehead atoms. The summed E-state index contributed by atoms with van der Waals surface area (Å²) in [6, 6.07) is 5.93.